The molecule has 1 rings (SSSR count). The van der Waals surface area contributed by atoms with Gasteiger partial charge >= 0.3 is 0 Å². The number of ether oxygens (including phenoxy) is 1. The lowest BCUT2D eigenvalue weighted by molar-refractivity contribution is 0.374. The monoisotopic (exact) mass is 222 g/mol. The summed E-state index contributed by atoms with van der Waals surface area (Å²) in [6.07, 6.45) is 0. The van der Waals surface area contributed by atoms with E-state index in [9.17, 15) is 0 Å². The molecule has 0 saturated heterocycles. The third-order valence-electron chi connectivity index (χ3n) is 2.76. The van der Waals surface area contributed by atoms with Crippen LogP contribution in [0.1, 0.15) is 17.0 Å². The Labute approximate surface area is 98.2 Å². The van der Waals surface area contributed by atoms with Crippen LogP contribution in [0.5, 0.6) is 5.75 Å². The molecule has 1 unspecified atom stereocenters. The summed E-state index contributed by atoms with van der Waals surface area (Å²) in [6.45, 7) is 3.71. The molecule has 1 aromatic rings. The van der Waals surface area contributed by atoms with Crippen LogP contribution in [-0.2, 0) is 0 Å². The van der Waals surface area contributed by atoms with Crippen LogP contribution < -0.4 is 10.5 Å². The van der Waals surface area contributed by atoms with E-state index < -0.39 is 0 Å². The van der Waals surface area contributed by atoms with E-state index in [1.165, 1.54) is 5.56 Å². The molecule has 0 aliphatic heterocycles. The van der Waals surface area contributed by atoms with Gasteiger partial charge in [0.25, 0.3) is 0 Å². The van der Waals surface area contributed by atoms with Crippen LogP contribution in [0.2, 0.25) is 0 Å². The minimum atomic E-state index is 0.389. The maximum absolute atomic E-state index is 5.82. The van der Waals surface area contributed by atoms with Crippen molar-refractivity contribution >= 4 is 0 Å². The van der Waals surface area contributed by atoms with Crippen molar-refractivity contribution in [3.05, 3.63) is 29.3 Å². The summed E-state index contributed by atoms with van der Waals surface area (Å²) in [4.78, 5) is 2.16. The first-order valence-corrected chi connectivity index (χ1v) is 5.57. The Morgan fingerprint density at radius 1 is 1.38 bits per heavy atom. The summed E-state index contributed by atoms with van der Waals surface area (Å²) in [5.41, 5.74) is 8.27. The van der Waals surface area contributed by atoms with Gasteiger partial charge in [0, 0.05) is 19.0 Å². The van der Waals surface area contributed by atoms with E-state index in [0.29, 0.717) is 12.5 Å². The fourth-order valence-electron chi connectivity index (χ4n) is 1.91. The average molecular weight is 222 g/mol. The van der Waals surface area contributed by atoms with Crippen molar-refractivity contribution in [1.29, 1.82) is 0 Å². The maximum Gasteiger partial charge on any atom is 0.121 e. The number of likely N-dealkylation sites (N-methyl/N-ethyl adjacent to an activating group) is 1. The van der Waals surface area contributed by atoms with Gasteiger partial charge in [-0.15, -0.1) is 0 Å². The molecule has 0 bridgehead atoms. The topological polar surface area (TPSA) is 38.5 Å². The molecule has 2 N–H and O–H groups in total. The Kier molecular flexibility index (Phi) is 4.77. The number of aryl methyl sites for hydroxylation is 1. The highest BCUT2D eigenvalue weighted by Crippen LogP contribution is 2.23. The molecule has 0 aliphatic carbocycles. The molecule has 1 atom stereocenters. The number of benzene rings is 1. The Hall–Kier alpha value is -1.06. The molecule has 0 fully saturated rings. The first-order chi connectivity index (χ1) is 7.58. The first-order valence-electron chi connectivity index (χ1n) is 5.57. The lowest BCUT2D eigenvalue weighted by atomic mass is 9.97. The number of hydrogen-bond acceptors (Lipinski definition) is 3. The van der Waals surface area contributed by atoms with E-state index in [0.717, 1.165) is 17.9 Å². The van der Waals surface area contributed by atoms with Crippen LogP contribution in [0, 0.1) is 6.92 Å². The SMILES string of the molecule is COc1ccc(C(CN)CN(C)C)cc1C. The van der Waals surface area contributed by atoms with Crippen molar-refractivity contribution < 1.29 is 4.74 Å². The molecule has 1 aromatic carbocycles. The normalized spacial score (nSPS) is 12.9. The Balaban J connectivity index is 2.89. The van der Waals surface area contributed by atoms with Crippen LogP contribution in [0.3, 0.4) is 0 Å². The molecule has 3 nitrogen and oxygen atoms in total. The van der Waals surface area contributed by atoms with E-state index in [1.54, 1.807) is 7.11 Å². The van der Waals surface area contributed by atoms with Gasteiger partial charge in [-0.2, -0.15) is 0 Å². The van der Waals surface area contributed by atoms with Crippen LogP contribution >= 0.6 is 0 Å². The molecular weight excluding hydrogens is 200 g/mol. The van der Waals surface area contributed by atoms with Gasteiger partial charge < -0.3 is 15.4 Å². The highest BCUT2D eigenvalue weighted by molar-refractivity contribution is 5.37. The van der Waals surface area contributed by atoms with Gasteiger partial charge in [-0.1, -0.05) is 12.1 Å². The lowest BCUT2D eigenvalue weighted by Crippen LogP contribution is -2.25. The summed E-state index contributed by atoms with van der Waals surface area (Å²) in [6, 6.07) is 6.29. The van der Waals surface area contributed by atoms with Crippen LogP contribution in [-0.4, -0.2) is 39.2 Å². The van der Waals surface area contributed by atoms with E-state index in [4.69, 9.17) is 10.5 Å². The van der Waals surface area contributed by atoms with Crippen molar-refractivity contribution in [3.63, 3.8) is 0 Å². The number of hydrogen-bond donors (Lipinski definition) is 1. The largest absolute Gasteiger partial charge is 0.496 e. The smallest absolute Gasteiger partial charge is 0.121 e. The minimum Gasteiger partial charge on any atom is -0.496 e. The third-order valence-corrected chi connectivity index (χ3v) is 2.76. The average Bonchev–Trinajstić information content (AvgIpc) is 2.25. The molecule has 0 saturated carbocycles. The highest BCUT2D eigenvalue weighted by atomic mass is 16.5. The highest BCUT2D eigenvalue weighted by Gasteiger charge is 2.12. The van der Waals surface area contributed by atoms with Crippen molar-refractivity contribution in [3.8, 4) is 5.75 Å². The van der Waals surface area contributed by atoms with Crippen molar-refractivity contribution in [1.82, 2.24) is 4.90 Å². The van der Waals surface area contributed by atoms with Crippen molar-refractivity contribution in [2.45, 2.75) is 12.8 Å². The quantitative estimate of drug-likeness (QED) is 0.822. The summed E-state index contributed by atoms with van der Waals surface area (Å²) >= 11 is 0. The first kappa shape index (κ1) is 13.0. The zero-order valence-electron chi connectivity index (χ0n) is 10.7. The number of rotatable bonds is 5. The second kappa shape index (κ2) is 5.87. The molecule has 3 heteroatoms. The Bertz CT molecular complexity index is 337. The zero-order chi connectivity index (χ0) is 12.1. The summed E-state index contributed by atoms with van der Waals surface area (Å²) in [7, 11) is 5.83. The van der Waals surface area contributed by atoms with Crippen molar-refractivity contribution in [2.75, 3.05) is 34.3 Å². The Morgan fingerprint density at radius 3 is 2.50 bits per heavy atom. The fourth-order valence-corrected chi connectivity index (χ4v) is 1.91. The predicted molar refractivity (Wildman–Crippen MR) is 68.1 cm³/mol. The molecule has 0 radical (unpaired) electrons. The molecule has 0 heterocycles. The van der Waals surface area contributed by atoms with Gasteiger partial charge in [-0.05, 0) is 38.2 Å². The van der Waals surface area contributed by atoms with E-state index in [1.807, 2.05) is 6.07 Å². The van der Waals surface area contributed by atoms with Gasteiger partial charge in [-0.25, -0.2) is 0 Å². The standard InChI is InChI=1S/C13H22N2O/c1-10-7-11(5-6-13(10)16-4)12(8-14)9-15(2)3/h5-7,12H,8-9,14H2,1-4H3. The van der Waals surface area contributed by atoms with Gasteiger partial charge in [0.05, 0.1) is 7.11 Å². The molecule has 16 heavy (non-hydrogen) atoms. The minimum absolute atomic E-state index is 0.389. The molecule has 0 aliphatic rings. The third kappa shape index (κ3) is 3.22. The summed E-state index contributed by atoms with van der Waals surface area (Å²) in [5, 5.41) is 0. The van der Waals surface area contributed by atoms with E-state index >= 15 is 0 Å². The zero-order valence-corrected chi connectivity index (χ0v) is 10.7. The van der Waals surface area contributed by atoms with Crippen LogP contribution in [0.4, 0.5) is 0 Å². The van der Waals surface area contributed by atoms with Gasteiger partial charge in [0.15, 0.2) is 0 Å². The lowest BCUT2D eigenvalue weighted by Gasteiger charge is -2.20. The summed E-state index contributed by atoms with van der Waals surface area (Å²) in [5.74, 6) is 1.32. The Morgan fingerprint density at radius 2 is 2.06 bits per heavy atom. The number of nitrogens with zero attached hydrogens (tertiary/aromatic N) is 1. The van der Waals surface area contributed by atoms with Crippen LogP contribution in [0.15, 0.2) is 18.2 Å². The van der Waals surface area contributed by atoms with Gasteiger partial charge in [-0.3, -0.25) is 0 Å². The summed E-state index contributed by atoms with van der Waals surface area (Å²) < 4.78 is 5.25. The van der Waals surface area contributed by atoms with Crippen molar-refractivity contribution in [2.24, 2.45) is 5.73 Å². The van der Waals surface area contributed by atoms with Gasteiger partial charge in [0.1, 0.15) is 5.75 Å². The molecular formula is C13H22N2O. The molecule has 0 aromatic heterocycles. The van der Waals surface area contributed by atoms with E-state index in [2.05, 4.69) is 38.1 Å². The second-order valence-electron chi connectivity index (χ2n) is 4.42. The number of nitrogens with two attached hydrogens (primary N) is 1. The van der Waals surface area contributed by atoms with Crippen LogP contribution in [0.25, 0.3) is 0 Å². The maximum atomic E-state index is 5.82. The predicted octanol–water partition coefficient (Wildman–Crippen LogP) is 1.61. The second-order valence-corrected chi connectivity index (χ2v) is 4.42. The molecule has 0 spiro atoms. The van der Waals surface area contributed by atoms with Gasteiger partial charge in [0.2, 0.25) is 0 Å². The fraction of sp³-hybridized carbons (Fsp3) is 0.538. The van der Waals surface area contributed by atoms with E-state index in [-0.39, 0.29) is 0 Å². The molecule has 0 amide bonds. The molecule has 90 valence electrons. The number of methoxy groups -OCH3 is 1.